The molecule has 2 amide bonds. The summed E-state index contributed by atoms with van der Waals surface area (Å²) in [6.45, 7) is 4.16. The first-order valence-electron chi connectivity index (χ1n) is 6.96. The molecule has 1 saturated carbocycles. The van der Waals surface area contributed by atoms with Crippen LogP contribution < -0.4 is 10.6 Å². The fourth-order valence-electron chi connectivity index (χ4n) is 2.19. The van der Waals surface area contributed by atoms with Crippen LogP contribution in [0.4, 0.5) is 4.79 Å². The van der Waals surface area contributed by atoms with E-state index in [1.165, 1.54) is 0 Å². The molecule has 0 unspecified atom stereocenters. The molecular weight excluding hydrogens is 248 g/mol. The van der Waals surface area contributed by atoms with E-state index in [4.69, 9.17) is 0 Å². The van der Waals surface area contributed by atoms with E-state index < -0.39 is 0 Å². The van der Waals surface area contributed by atoms with Gasteiger partial charge < -0.3 is 15.7 Å². The van der Waals surface area contributed by atoms with Crippen molar-refractivity contribution in [1.29, 1.82) is 0 Å². The van der Waals surface area contributed by atoms with Crippen LogP contribution >= 0.6 is 11.8 Å². The summed E-state index contributed by atoms with van der Waals surface area (Å²) in [7, 11) is 0. The molecule has 3 atom stereocenters. The van der Waals surface area contributed by atoms with Gasteiger partial charge in [-0.2, -0.15) is 11.8 Å². The van der Waals surface area contributed by atoms with Crippen LogP contribution in [0.25, 0.3) is 0 Å². The highest BCUT2D eigenvalue weighted by Gasteiger charge is 2.24. The van der Waals surface area contributed by atoms with Crippen LogP contribution in [0.3, 0.4) is 0 Å². The molecule has 0 spiro atoms. The highest BCUT2D eigenvalue weighted by atomic mass is 32.2. The Morgan fingerprint density at radius 3 is 2.83 bits per heavy atom. The van der Waals surface area contributed by atoms with Crippen LogP contribution in [0.5, 0.6) is 0 Å². The number of amides is 2. The normalized spacial score (nSPS) is 25.5. The maximum absolute atomic E-state index is 11.8. The highest BCUT2D eigenvalue weighted by molar-refractivity contribution is 7.99. The van der Waals surface area contributed by atoms with Crippen molar-refractivity contribution in [3.63, 3.8) is 0 Å². The van der Waals surface area contributed by atoms with Gasteiger partial charge in [-0.15, -0.1) is 0 Å². The average molecular weight is 274 g/mol. The summed E-state index contributed by atoms with van der Waals surface area (Å²) in [4.78, 5) is 11.8. The Bertz CT molecular complexity index is 251. The largest absolute Gasteiger partial charge is 0.391 e. The fourth-order valence-corrected chi connectivity index (χ4v) is 3.00. The number of nitrogens with one attached hydrogen (secondary N) is 2. The summed E-state index contributed by atoms with van der Waals surface area (Å²) in [6, 6.07) is -0.0318. The summed E-state index contributed by atoms with van der Waals surface area (Å²) in [5.41, 5.74) is 0. The zero-order chi connectivity index (χ0) is 13.4. The van der Waals surface area contributed by atoms with E-state index in [1.807, 2.05) is 18.7 Å². The predicted octanol–water partition coefficient (Wildman–Crippen LogP) is 2.12. The lowest BCUT2D eigenvalue weighted by Gasteiger charge is -2.29. The van der Waals surface area contributed by atoms with Crippen molar-refractivity contribution in [2.75, 3.05) is 11.5 Å². The summed E-state index contributed by atoms with van der Waals surface area (Å²) < 4.78 is 0. The van der Waals surface area contributed by atoms with E-state index in [0.717, 1.165) is 43.6 Å². The summed E-state index contributed by atoms with van der Waals surface area (Å²) in [6.07, 6.45) is 4.44. The minimum Gasteiger partial charge on any atom is -0.391 e. The van der Waals surface area contributed by atoms with Gasteiger partial charge >= 0.3 is 6.03 Å². The molecule has 0 aromatic rings. The van der Waals surface area contributed by atoms with Crippen LogP contribution in [0.15, 0.2) is 0 Å². The molecule has 0 heterocycles. The molecular formula is C13H26N2O2S. The molecule has 0 bridgehead atoms. The Hall–Kier alpha value is -0.420. The van der Waals surface area contributed by atoms with Gasteiger partial charge in [0.1, 0.15) is 0 Å². The monoisotopic (exact) mass is 274 g/mol. The van der Waals surface area contributed by atoms with Crippen molar-refractivity contribution in [2.45, 2.75) is 64.1 Å². The first-order chi connectivity index (χ1) is 8.63. The van der Waals surface area contributed by atoms with E-state index in [9.17, 15) is 9.90 Å². The number of hydrogen-bond acceptors (Lipinski definition) is 3. The molecule has 4 nitrogen and oxygen atoms in total. The predicted molar refractivity (Wildman–Crippen MR) is 77.0 cm³/mol. The van der Waals surface area contributed by atoms with Gasteiger partial charge in [0.25, 0.3) is 0 Å². The third-order valence-electron chi connectivity index (χ3n) is 3.32. The number of hydrogen-bond donors (Lipinski definition) is 3. The lowest BCUT2D eigenvalue weighted by Crippen LogP contribution is -2.50. The van der Waals surface area contributed by atoms with Crippen LogP contribution in [0.2, 0.25) is 0 Å². The number of carbonyl (C=O) groups excluding carboxylic acids is 1. The number of aliphatic hydroxyl groups excluding tert-OH is 1. The molecule has 0 saturated heterocycles. The van der Waals surface area contributed by atoms with Gasteiger partial charge in [0.15, 0.2) is 0 Å². The Balaban J connectivity index is 2.19. The van der Waals surface area contributed by atoms with Gasteiger partial charge in [0.05, 0.1) is 12.1 Å². The van der Waals surface area contributed by atoms with Gasteiger partial charge in [-0.05, 0) is 37.7 Å². The smallest absolute Gasteiger partial charge is 0.315 e. The van der Waals surface area contributed by atoms with Crippen LogP contribution in [-0.2, 0) is 0 Å². The highest BCUT2D eigenvalue weighted by Crippen LogP contribution is 2.18. The molecule has 0 radical (unpaired) electrons. The molecule has 1 aliphatic rings. The first kappa shape index (κ1) is 15.6. The summed E-state index contributed by atoms with van der Waals surface area (Å²) in [5, 5.41) is 15.6. The molecule has 1 aliphatic carbocycles. The van der Waals surface area contributed by atoms with Gasteiger partial charge in [-0.1, -0.05) is 19.8 Å². The van der Waals surface area contributed by atoms with Crippen molar-refractivity contribution in [3.8, 4) is 0 Å². The maximum atomic E-state index is 11.8. The van der Waals surface area contributed by atoms with Crippen LogP contribution in [0.1, 0.15) is 46.0 Å². The Labute approximate surface area is 114 Å². The molecule has 0 aliphatic heterocycles. The van der Waals surface area contributed by atoms with Crippen molar-refractivity contribution < 1.29 is 9.90 Å². The van der Waals surface area contributed by atoms with Crippen LogP contribution in [-0.4, -0.2) is 40.8 Å². The Morgan fingerprint density at radius 2 is 2.17 bits per heavy atom. The van der Waals surface area contributed by atoms with Crippen LogP contribution in [0, 0.1) is 0 Å². The second kappa shape index (κ2) is 8.64. The van der Waals surface area contributed by atoms with E-state index in [-0.39, 0.29) is 24.2 Å². The fraction of sp³-hybridized carbons (Fsp3) is 0.923. The molecule has 0 aromatic heterocycles. The topological polar surface area (TPSA) is 61.4 Å². The van der Waals surface area contributed by atoms with Crippen molar-refractivity contribution >= 4 is 17.8 Å². The van der Waals surface area contributed by atoms with Crippen molar-refractivity contribution in [2.24, 2.45) is 0 Å². The van der Waals surface area contributed by atoms with Gasteiger partial charge in [0.2, 0.25) is 0 Å². The second-order valence-electron chi connectivity index (χ2n) is 4.96. The maximum Gasteiger partial charge on any atom is 0.315 e. The van der Waals surface area contributed by atoms with Gasteiger partial charge in [-0.25, -0.2) is 4.79 Å². The third-order valence-corrected chi connectivity index (χ3v) is 4.26. The lowest BCUT2D eigenvalue weighted by atomic mass is 9.93. The Kier molecular flexibility index (Phi) is 7.51. The molecule has 3 N–H and O–H groups in total. The SMILES string of the molecule is CCSCC[C@H](C)NC(=O)N[C@H]1CCCC[C@@H]1O. The number of carbonyl (C=O) groups is 1. The molecule has 106 valence electrons. The van der Waals surface area contributed by atoms with Gasteiger partial charge in [0, 0.05) is 6.04 Å². The van der Waals surface area contributed by atoms with E-state index in [1.54, 1.807) is 0 Å². The van der Waals surface area contributed by atoms with E-state index >= 15 is 0 Å². The molecule has 0 aromatic carbocycles. The number of thioether (sulfide) groups is 1. The number of urea groups is 1. The molecule has 1 rings (SSSR count). The minimum atomic E-state index is -0.379. The van der Waals surface area contributed by atoms with E-state index in [2.05, 4.69) is 17.6 Å². The zero-order valence-corrected chi connectivity index (χ0v) is 12.3. The number of aliphatic hydroxyl groups is 1. The standard InChI is InChI=1S/C13H26N2O2S/c1-3-18-9-8-10(2)14-13(17)15-11-6-4-5-7-12(11)16/h10-12,16H,3-9H2,1-2H3,(H2,14,15,17)/t10-,11-,12-/m0/s1. The minimum absolute atomic E-state index is 0.0732. The van der Waals surface area contributed by atoms with Gasteiger partial charge in [-0.3, -0.25) is 0 Å². The summed E-state index contributed by atoms with van der Waals surface area (Å²) in [5.74, 6) is 2.19. The third kappa shape index (κ3) is 5.96. The molecule has 1 fully saturated rings. The second-order valence-corrected chi connectivity index (χ2v) is 6.36. The van der Waals surface area contributed by atoms with Crippen molar-refractivity contribution in [3.05, 3.63) is 0 Å². The molecule has 18 heavy (non-hydrogen) atoms. The number of rotatable bonds is 6. The molecule has 5 heteroatoms. The quantitative estimate of drug-likeness (QED) is 0.650. The Morgan fingerprint density at radius 1 is 1.44 bits per heavy atom. The van der Waals surface area contributed by atoms with Crippen molar-refractivity contribution in [1.82, 2.24) is 10.6 Å². The summed E-state index contributed by atoms with van der Waals surface area (Å²) >= 11 is 1.89. The zero-order valence-electron chi connectivity index (χ0n) is 11.4. The van der Waals surface area contributed by atoms with E-state index in [0.29, 0.717) is 0 Å². The first-order valence-corrected chi connectivity index (χ1v) is 8.11. The lowest BCUT2D eigenvalue weighted by molar-refractivity contribution is 0.0941. The average Bonchev–Trinajstić information content (AvgIpc) is 2.32.